The van der Waals surface area contributed by atoms with Crippen molar-refractivity contribution in [3.63, 3.8) is 0 Å². The first-order valence-corrected chi connectivity index (χ1v) is 10.6. The molecule has 3 aromatic heterocycles. The fourth-order valence-corrected chi connectivity index (χ4v) is 3.75. The van der Waals surface area contributed by atoms with Crippen molar-refractivity contribution in [3.05, 3.63) is 46.9 Å². The van der Waals surface area contributed by atoms with Crippen molar-refractivity contribution >= 4 is 12.0 Å². The number of hydrogen-bond acceptors (Lipinski definition) is 8. The van der Waals surface area contributed by atoms with Gasteiger partial charge in [-0.3, -0.25) is 9.48 Å². The normalized spacial score (nSPS) is 17.6. The molecule has 1 saturated carbocycles. The van der Waals surface area contributed by atoms with Gasteiger partial charge in [0.2, 0.25) is 5.88 Å². The van der Waals surface area contributed by atoms with Crippen LogP contribution in [0.1, 0.15) is 35.9 Å². The first-order valence-electron chi connectivity index (χ1n) is 10.6. The van der Waals surface area contributed by atoms with Crippen LogP contribution in [0.2, 0.25) is 0 Å². The summed E-state index contributed by atoms with van der Waals surface area (Å²) in [5.41, 5.74) is 2.71. The van der Waals surface area contributed by atoms with E-state index in [-0.39, 0.29) is 5.91 Å². The van der Waals surface area contributed by atoms with Gasteiger partial charge in [0.1, 0.15) is 11.9 Å². The van der Waals surface area contributed by atoms with Crippen molar-refractivity contribution in [1.82, 2.24) is 34.6 Å². The number of amides is 1. The molecule has 32 heavy (non-hydrogen) atoms. The molecule has 1 amide bonds. The molecule has 1 unspecified atom stereocenters. The summed E-state index contributed by atoms with van der Waals surface area (Å²) in [5, 5.41) is 5.09. The van der Waals surface area contributed by atoms with E-state index in [0.717, 1.165) is 37.2 Å². The van der Waals surface area contributed by atoms with Crippen LogP contribution in [0.15, 0.2) is 29.9 Å². The summed E-state index contributed by atoms with van der Waals surface area (Å²) in [7, 11) is 5.58. The van der Waals surface area contributed by atoms with E-state index in [1.54, 1.807) is 19.5 Å². The van der Waals surface area contributed by atoms with E-state index in [4.69, 9.17) is 4.74 Å². The monoisotopic (exact) mass is 432 g/mol. The molecule has 4 heterocycles. The highest BCUT2D eigenvalue weighted by molar-refractivity contribution is 5.91. The molecule has 1 fully saturated rings. The van der Waals surface area contributed by atoms with Crippen LogP contribution in [0.3, 0.4) is 0 Å². The third-order valence-corrected chi connectivity index (χ3v) is 5.64. The molecule has 5 rings (SSSR count). The van der Waals surface area contributed by atoms with Crippen LogP contribution in [-0.4, -0.2) is 68.3 Å². The van der Waals surface area contributed by atoms with Crippen molar-refractivity contribution in [3.8, 4) is 17.3 Å². The van der Waals surface area contributed by atoms with Crippen molar-refractivity contribution < 1.29 is 9.53 Å². The summed E-state index contributed by atoms with van der Waals surface area (Å²) < 4.78 is 7.29. The number of carbonyl (C=O) groups excluding carboxylic acids is 1. The van der Waals surface area contributed by atoms with Gasteiger partial charge in [-0.25, -0.2) is 19.9 Å². The van der Waals surface area contributed by atoms with E-state index < -0.39 is 5.92 Å². The molecule has 10 nitrogen and oxygen atoms in total. The molecular formula is C22H24N8O2. The van der Waals surface area contributed by atoms with Crippen LogP contribution in [0.4, 0.5) is 0 Å². The van der Waals surface area contributed by atoms with E-state index in [0.29, 0.717) is 33.9 Å². The molecule has 1 atom stereocenters. The Kier molecular flexibility index (Phi) is 5.22. The Bertz CT molecular complexity index is 1300. The number of likely N-dealkylation sites (N-methyl/N-ethyl adjacent to an activating group) is 1. The zero-order valence-corrected chi connectivity index (χ0v) is 18.3. The second-order valence-electron chi connectivity index (χ2n) is 8.32. The minimum absolute atomic E-state index is 0.270. The Morgan fingerprint density at radius 1 is 1.19 bits per heavy atom. The number of ether oxygens (including phenoxy) is 1. The summed E-state index contributed by atoms with van der Waals surface area (Å²) in [6, 6.07) is 0. The van der Waals surface area contributed by atoms with Crippen LogP contribution in [0.5, 0.6) is 5.88 Å². The number of hydrogen-bond donors (Lipinski definition) is 0. The predicted octanol–water partition coefficient (Wildman–Crippen LogP) is 0.302. The smallest absolute Gasteiger partial charge is 0.259 e. The number of methoxy groups -OCH3 is 1. The quantitative estimate of drug-likeness (QED) is 0.524. The van der Waals surface area contributed by atoms with Crippen molar-refractivity contribution in [2.24, 2.45) is 4.99 Å². The highest BCUT2D eigenvalue weighted by Gasteiger charge is 2.31. The second-order valence-corrected chi connectivity index (χ2v) is 8.32. The van der Waals surface area contributed by atoms with Gasteiger partial charge in [-0.05, 0) is 26.9 Å². The van der Waals surface area contributed by atoms with Gasteiger partial charge in [-0.1, -0.05) is 6.08 Å². The third kappa shape index (κ3) is 3.89. The van der Waals surface area contributed by atoms with Crippen LogP contribution in [0.25, 0.3) is 17.5 Å². The SMILES string of the molecule is COc1ncnc(C2CC2)c1-c1ncc2c(n1)=NC(=O)C(c1cnn(CCN(C)C)c1)C=2. The first kappa shape index (κ1) is 20.4. The highest BCUT2D eigenvalue weighted by atomic mass is 16.5. The Morgan fingerprint density at radius 3 is 2.78 bits per heavy atom. The van der Waals surface area contributed by atoms with Crippen molar-refractivity contribution in [2.75, 3.05) is 27.7 Å². The molecule has 0 aromatic carbocycles. The Balaban J connectivity index is 1.50. The summed E-state index contributed by atoms with van der Waals surface area (Å²) in [6.07, 6.45) is 10.8. The van der Waals surface area contributed by atoms with E-state index in [9.17, 15) is 4.79 Å². The van der Waals surface area contributed by atoms with Crippen LogP contribution in [0, 0.1) is 0 Å². The van der Waals surface area contributed by atoms with Crippen LogP contribution >= 0.6 is 0 Å². The molecule has 0 radical (unpaired) electrons. The van der Waals surface area contributed by atoms with Gasteiger partial charge < -0.3 is 9.64 Å². The average Bonchev–Trinajstić information content (AvgIpc) is 3.54. The topological polar surface area (TPSA) is 111 Å². The Hall–Kier alpha value is -3.53. The lowest BCUT2D eigenvalue weighted by atomic mass is 9.99. The zero-order valence-electron chi connectivity index (χ0n) is 18.3. The van der Waals surface area contributed by atoms with Crippen LogP contribution in [-0.2, 0) is 11.3 Å². The molecule has 164 valence electrons. The highest BCUT2D eigenvalue weighted by Crippen LogP contribution is 2.44. The minimum Gasteiger partial charge on any atom is -0.480 e. The van der Waals surface area contributed by atoms with Crippen LogP contribution < -0.4 is 15.4 Å². The minimum atomic E-state index is -0.498. The molecule has 0 bridgehead atoms. The Labute approximate surface area is 184 Å². The number of aromatic nitrogens is 6. The molecule has 1 aliphatic carbocycles. The van der Waals surface area contributed by atoms with E-state index >= 15 is 0 Å². The largest absolute Gasteiger partial charge is 0.480 e. The number of rotatable bonds is 7. The first-order chi connectivity index (χ1) is 15.5. The lowest BCUT2D eigenvalue weighted by Gasteiger charge is -2.12. The fraction of sp³-hybridized carbons (Fsp3) is 0.409. The van der Waals surface area contributed by atoms with Gasteiger partial charge >= 0.3 is 0 Å². The molecule has 2 aliphatic rings. The maximum absolute atomic E-state index is 12.8. The molecular weight excluding hydrogens is 408 g/mol. The molecule has 1 aliphatic heterocycles. The number of fused-ring (bicyclic) bond motifs is 1. The average molecular weight is 432 g/mol. The fourth-order valence-electron chi connectivity index (χ4n) is 3.75. The van der Waals surface area contributed by atoms with Gasteiger partial charge in [-0.15, -0.1) is 0 Å². The molecule has 3 aromatic rings. The molecule has 10 heteroatoms. The van der Waals surface area contributed by atoms with E-state index in [2.05, 4.69) is 34.9 Å². The van der Waals surface area contributed by atoms with Gasteiger partial charge in [-0.2, -0.15) is 10.1 Å². The molecule has 0 saturated heterocycles. The lowest BCUT2D eigenvalue weighted by molar-refractivity contribution is -0.118. The van der Waals surface area contributed by atoms with Gasteiger partial charge in [0, 0.05) is 35.6 Å². The Morgan fingerprint density at radius 2 is 2.03 bits per heavy atom. The van der Waals surface area contributed by atoms with Crippen molar-refractivity contribution in [2.45, 2.75) is 31.2 Å². The predicted molar refractivity (Wildman–Crippen MR) is 115 cm³/mol. The summed E-state index contributed by atoms with van der Waals surface area (Å²) in [4.78, 5) is 37.0. The second kappa shape index (κ2) is 8.19. The third-order valence-electron chi connectivity index (χ3n) is 5.64. The molecule has 0 spiro atoms. The molecule has 0 N–H and O–H groups in total. The van der Waals surface area contributed by atoms with Gasteiger partial charge in [0.25, 0.3) is 5.91 Å². The maximum atomic E-state index is 12.8. The van der Waals surface area contributed by atoms with Gasteiger partial charge in [0.15, 0.2) is 11.3 Å². The maximum Gasteiger partial charge on any atom is 0.259 e. The standard InChI is InChI=1S/C22H24N8O2/c1-29(2)6-7-30-11-15(10-26-30)16-8-14-9-23-20(27-19(14)28-21(16)31)17-18(13-4-5-13)24-12-25-22(17)32-3/h8-13,16H,4-7H2,1-3H3. The number of carbonyl (C=O) groups is 1. The lowest BCUT2D eigenvalue weighted by Crippen LogP contribution is -2.36. The summed E-state index contributed by atoms with van der Waals surface area (Å²) in [6.45, 7) is 1.61. The number of nitrogens with zero attached hydrogens (tertiary/aromatic N) is 8. The zero-order chi connectivity index (χ0) is 22.2. The van der Waals surface area contributed by atoms with E-state index in [1.807, 2.05) is 31.1 Å². The van der Waals surface area contributed by atoms with Gasteiger partial charge in [0.05, 0.1) is 31.5 Å². The summed E-state index contributed by atoms with van der Waals surface area (Å²) in [5.74, 6) is 0.439. The van der Waals surface area contributed by atoms with Crippen molar-refractivity contribution in [1.29, 1.82) is 0 Å². The van der Waals surface area contributed by atoms with E-state index in [1.165, 1.54) is 6.33 Å². The summed E-state index contributed by atoms with van der Waals surface area (Å²) >= 11 is 0.